The Balaban J connectivity index is 2.78. The van der Waals surface area contributed by atoms with Gasteiger partial charge >= 0.3 is 6.09 Å². The van der Waals surface area contributed by atoms with Gasteiger partial charge in [0.2, 0.25) is 5.82 Å². The number of benzene rings is 1. The quantitative estimate of drug-likeness (QED) is 0.520. The molecular formula is C14H14F5NO2. The van der Waals surface area contributed by atoms with E-state index in [-0.39, 0.29) is 6.54 Å². The number of hydrogen-bond donors (Lipinski definition) is 1. The molecule has 0 atom stereocenters. The second-order valence-electron chi connectivity index (χ2n) is 5.27. The molecule has 1 aromatic carbocycles. The zero-order valence-electron chi connectivity index (χ0n) is 12.1. The predicted molar refractivity (Wildman–Crippen MR) is 69.5 cm³/mol. The van der Waals surface area contributed by atoms with Crippen LogP contribution in [0.1, 0.15) is 26.3 Å². The van der Waals surface area contributed by atoms with Gasteiger partial charge < -0.3 is 10.1 Å². The summed E-state index contributed by atoms with van der Waals surface area (Å²) < 4.78 is 70.2. The number of ether oxygens (including phenoxy) is 1. The van der Waals surface area contributed by atoms with Crippen molar-refractivity contribution in [2.45, 2.75) is 26.4 Å². The normalized spacial score (nSPS) is 11.8. The van der Waals surface area contributed by atoms with Crippen molar-refractivity contribution in [2.24, 2.45) is 0 Å². The van der Waals surface area contributed by atoms with Crippen LogP contribution in [0.25, 0.3) is 6.08 Å². The molecule has 0 aromatic heterocycles. The molecule has 8 heteroatoms. The van der Waals surface area contributed by atoms with E-state index in [2.05, 4.69) is 5.32 Å². The topological polar surface area (TPSA) is 38.3 Å². The highest BCUT2D eigenvalue weighted by Gasteiger charge is 2.24. The fourth-order valence-electron chi connectivity index (χ4n) is 1.40. The lowest BCUT2D eigenvalue weighted by atomic mass is 10.1. The molecule has 1 amide bonds. The number of carbonyl (C=O) groups excluding carboxylic acids is 1. The van der Waals surface area contributed by atoms with Crippen molar-refractivity contribution in [1.29, 1.82) is 0 Å². The van der Waals surface area contributed by atoms with Gasteiger partial charge in [-0.15, -0.1) is 0 Å². The summed E-state index contributed by atoms with van der Waals surface area (Å²) in [5.74, 6) is -10.2. The van der Waals surface area contributed by atoms with Gasteiger partial charge in [-0.05, 0) is 20.8 Å². The SMILES string of the molecule is CC(C)(C)OC(=O)NCC=Cc1c(F)c(F)c(F)c(F)c1F. The second kappa shape index (κ2) is 6.76. The molecule has 0 spiro atoms. The van der Waals surface area contributed by atoms with Crippen LogP contribution in [0.5, 0.6) is 0 Å². The molecule has 0 aliphatic heterocycles. The summed E-state index contributed by atoms with van der Waals surface area (Å²) in [5, 5.41) is 2.23. The third-order valence-corrected chi connectivity index (χ3v) is 2.29. The van der Waals surface area contributed by atoms with E-state index in [9.17, 15) is 26.7 Å². The minimum atomic E-state index is -2.22. The molecule has 0 heterocycles. The van der Waals surface area contributed by atoms with Crippen molar-refractivity contribution in [3.8, 4) is 0 Å². The summed E-state index contributed by atoms with van der Waals surface area (Å²) in [6, 6.07) is 0. The first kappa shape index (κ1) is 17.9. The van der Waals surface area contributed by atoms with Crippen LogP contribution in [0.3, 0.4) is 0 Å². The Morgan fingerprint density at radius 1 is 1.00 bits per heavy atom. The number of amides is 1. The number of nitrogens with one attached hydrogen (secondary N) is 1. The van der Waals surface area contributed by atoms with E-state index in [0.29, 0.717) is 6.08 Å². The van der Waals surface area contributed by atoms with E-state index >= 15 is 0 Å². The van der Waals surface area contributed by atoms with Gasteiger partial charge in [0, 0.05) is 6.54 Å². The first-order valence-electron chi connectivity index (χ1n) is 6.19. The maximum Gasteiger partial charge on any atom is 0.407 e. The van der Waals surface area contributed by atoms with Gasteiger partial charge in [-0.25, -0.2) is 26.7 Å². The number of halogens is 5. The minimum Gasteiger partial charge on any atom is -0.444 e. The lowest BCUT2D eigenvalue weighted by molar-refractivity contribution is 0.0534. The Bertz CT molecular complexity index is 579. The molecule has 0 saturated carbocycles. The Morgan fingerprint density at radius 2 is 1.45 bits per heavy atom. The summed E-state index contributed by atoms with van der Waals surface area (Å²) in [5.41, 5.74) is -1.81. The van der Waals surface area contributed by atoms with Gasteiger partial charge in [0.15, 0.2) is 23.3 Å². The summed E-state index contributed by atoms with van der Waals surface area (Å²) in [6.45, 7) is 4.69. The molecule has 22 heavy (non-hydrogen) atoms. The summed E-state index contributed by atoms with van der Waals surface area (Å²) in [7, 11) is 0. The minimum absolute atomic E-state index is 0.214. The molecule has 122 valence electrons. The zero-order chi connectivity index (χ0) is 17.1. The van der Waals surface area contributed by atoms with Gasteiger partial charge in [-0.1, -0.05) is 12.2 Å². The van der Waals surface area contributed by atoms with Crippen LogP contribution in [-0.2, 0) is 4.74 Å². The molecule has 0 unspecified atom stereocenters. The largest absolute Gasteiger partial charge is 0.444 e. The molecule has 0 aliphatic rings. The molecule has 0 aliphatic carbocycles. The highest BCUT2D eigenvalue weighted by atomic mass is 19.2. The monoisotopic (exact) mass is 323 g/mol. The fourth-order valence-corrected chi connectivity index (χ4v) is 1.40. The lowest BCUT2D eigenvalue weighted by Gasteiger charge is -2.19. The van der Waals surface area contributed by atoms with E-state index in [4.69, 9.17) is 4.74 Å². The number of hydrogen-bond acceptors (Lipinski definition) is 2. The van der Waals surface area contributed by atoms with E-state index < -0.39 is 46.3 Å². The maximum atomic E-state index is 13.3. The van der Waals surface area contributed by atoms with Crippen LogP contribution < -0.4 is 5.32 Å². The molecule has 1 N–H and O–H groups in total. The van der Waals surface area contributed by atoms with Gasteiger partial charge in [0.05, 0.1) is 5.56 Å². The van der Waals surface area contributed by atoms with Gasteiger partial charge in [-0.2, -0.15) is 0 Å². The van der Waals surface area contributed by atoms with Crippen molar-refractivity contribution in [3.63, 3.8) is 0 Å². The molecule has 1 rings (SSSR count). The standard InChI is InChI=1S/C14H14F5NO2/c1-14(2,3)22-13(21)20-6-4-5-7-8(15)10(17)12(19)11(18)9(7)16/h4-5H,6H2,1-3H3,(H,20,21). The zero-order valence-corrected chi connectivity index (χ0v) is 12.1. The third-order valence-electron chi connectivity index (χ3n) is 2.29. The van der Waals surface area contributed by atoms with Crippen molar-refractivity contribution >= 4 is 12.2 Å². The Hall–Kier alpha value is -2.12. The Kier molecular flexibility index (Phi) is 5.51. The van der Waals surface area contributed by atoms with Crippen LogP contribution in [0.4, 0.5) is 26.7 Å². The highest BCUT2D eigenvalue weighted by molar-refractivity contribution is 5.68. The van der Waals surface area contributed by atoms with Crippen molar-refractivity contribution in [1.82, 2.24) is 5.32 Å². The van der Waals surface area contributed by atoms with Crippen LogP contribution in [0.15, 0.2) is 6.08 Å². The van der Waals surface area contributed by atoms with Gasteiger partial charge in [-0.3, -0.25) is 0 Å². The van der Waals surface area contributed by atoms with Crippen molar-refractivity contribution < 1.29 is 31.5 Å². The van der Waals surface area contributed by atoms with Gasteiger partial charge in [0.25, 0.3) is 0 Å². The summed E-state index contributed by atoms with van der Waals surface area (Å²) in [6.07, 6.45) is 0.935. The fraction of sp³-hybridized carbons (Fsp3) is 0.357. The van der Waals surface area contributed by atoms with E-state index in [1.54, 1.807) is 20.8 Å². The van der Waals surface area contributed by atoms with Crippen LogP contribution in [0, 0.1) is 29.1 Å². The molecule has 0 radical (unpaired) electrons. The van der Waals surface area contributed by atoms with Crippen molar-refractivity contribution in [2.75, 3.05) is 6.54 Å². The molecule has 0 fully saturated rings. The van der Waals surface area contributed by atoms with Gasteiger partial charge in [0.1, 0.15) is 5.60 Å². The van der Waals surface area contributed by atoms with Crippen LogP contribution >= 0.6 is 0 Å². The Labute approximate surface area is 123 Å². The summed E-state index contributed by atoms with van der Waals surface area (Å²) >= 11 is 0. The molecule has 3 nitrogen and oxygen atoms in total. The van der Waals surface area contributed by atoms with E-state index in [1.165, 1.54) is 0 Å². The summed E-state index contributed by atoms with van der Waals surface area (Å²) in [4.78, 5) is 11.3. The number of alkyl carbamates (subject to hydrolysis) is 1. The number of carbonyl (C=O) groups is 1. The average molecular weight is 323 g/mol. The van der Waals surface area contributed by atoms with E-state index in [0.717, 1.165) is 6.08 Å². The van der Waals surface area contributed by atoms with Crippen LogP contribution in [-0.4, -0.2) is 18.2 Å². The highest BCUT2D eigenvalue weighted by Crippen LogP contribution is 2.23. The lowest BCUT2D eigenvalue weighted by Crippen LogP contribution is -2.32. The molecular weight excluding hydrogens is 309 g/mol. The smallest absolute Gasteiger partial charge is 0.407 e. The maximum absolute atomic E-state index is 13.3. The second-order valence-corrected chi connectivity index (χ2v) is 5.27. The first-order valence-corrected chi connectivity index (χ1v) is 6.19. The molecule has 0 saturated heterocycles. The average Bonchev–Trinajstić information content (AvgIpc) is 2.40. The van der Waals surface area contributed by atoms with Crippen LogP contribution in [0.2, 0.25) is 0 Å². The van der Waals surface area contributed by atoms with E-state index in [1.807, 2.05) is 0 Å². The first-order chi connectivity index (χ1) is 10.0. The Morgan fingerprint density at radius 3 is 1.91 bits per heavy atom. The third kappa shape index (κ3) is 4.44. The predicted octanol–water partition coefficient (Wildman–Crippen LogP) is 3.92. The molecule has 0 bridgehead atoms. The molecule has 1 aromatic rings. The number of rotatable bonds is 3. The van der Waals surface area contributed by atoms with Crippen molar-refractivity contribution in [3.05, 3.63) is 40.7 Å².